The van der Waals surface area contributed by atoms with E-state index >= 15 is 0 Å². The number of rotatable bonds is 4. The second-order valence-electron chi connectivity index (χ2n) is 7.36. The molecular formula is C21H22F2N6O. The first-order valence-electron chi connectivity index (χ1n) is 9.78. The molecule has 1 atom stereocenters. The topological polar surface area (TPSA) is 75.9 Å². The molecule has 3 heterocycles. The number of halogens is 2. The average Bonchev–Trinajstić information content (AvgIpc) is 3.03. The summed E-state index contributed by atoms with van der Waals surface area (Å²) < 4.78 is 28.8. The van der Waals surface area contributed by atoms with Gasteiger partial charge in [-0.2, -0.15) is 5.10 Å². The first-order chi connectivity index (χ1) is 14.4. The van der Waals surface area contributed by atoms with E-state index in [0.29, 0.717) is 29.4 Å². The molecule has 0 radical (unpaired) electrons. The lowest BCUT2D eigenvalue weighted by Gasteiger charge is -2.33. The zero-order chi connectivity index (χ0) is 21.3. The van der Waals surface area contributed by atoms with Gasteiger partial charge in [-0.25, -0.2) is 23.4 Å². The van der Waals surface area contributed by atoms with Crippen LogP contribution in [0.4, 0.5) is 14.7 Å². The Morgan fingerprint density at radius 3 is 2.70 bits per heavy atom. The molecule has 1 amide bonds. The molecule has 1 saturated heterocycles. The van der Waals surface area contributed by atoms with Crippen molar-refractivity contribution in [3.05, 3.63) is 65.2 Å². The van der Waals surface area contributed by atoms with Gasteiger partial charge in [0, 0.05) is 37.6 Å². The summed E-state index contributed by atoms with van der Waals surface area (Å²) in [5.74, 6) is -1.03. The Morgan fingerprint density at radius 2 is 1.97 bits per heavy atom. The Balaban J connectivity index is 1.53. The van der Waals surface area contributed by atoms with Crippen LogP contribution in [-0.2, 0) is 0 Å². The SMILES string of the molecule is Cc1nn(-c2ccc(F)cc2F)c(C)c1C(=O)NC1CCCN(c2ncccn2)C1. The third-order valence-corrected chi connectivity index (χ3v) is 5.25. The summed E-state index contributed by atoms with van der Waals surface area (Å²) in [6, 6.07) is 4.97. The molecule has 1 aromatic carbocycles. The second-order valence-corrected chi connectivity index (χ2v) is 7.36. The molecule has 30 heavy (non-hydrogen) atoms. The fourth-order valence-electron chi connectivity index (χ4n) is 3.85. The lowest BCUT2D eigenvalue weighted by Crippen LogP contribution is -2.48. The number of aromatic nitrogens is 4. The summed E-state index contributed by atoms with van der Waals surface area (Å²) in [7, 11) is 0. The molecule has 0 saturated carbocycles. The molecule has 7 nitrogen and oxygen atoms in total. The highest BCUT2D eigenvalue weighted by atomic mass is 19.1. The van der Waals surface area contributed by atoms with Gasteiger partial charge in [-0.05, 0) is 44.9 Å². The third-order valence-electron chi connectivity index (χ3n) is 5.25. The number of hydrogen-bond donors (Lipinski definition) is 1. The highest BCUT2D eigenvalue weighted by molar-refractivity contribution is 5.96. The largest absolute Gasteiger partial charge is 0.347 e. The molecular weight excluding hydrogens is 390 g/mol. The maximum Gasteiger partial charge on any atom is 0.255 e. The molecule has 1 aliphatic heterocycles. The van der Waals surface area contributed by atoms with E-state index in [1.54, 1.807) is 32.3 Å². The number of nitrogens with zero attached hydrogens (tertiary/aromatic N) is 5. The molecule has 0 aliphatic carbocycles. The van der Waals surface area contributed by atoms with Crippen LogP contribution in [0.15, 0.2) is 36.7 Å². The van der Waals surface area contributed by atoms with Crippen molar-refractivity contribution in [1.29, 1.82) is 0 Å². The van der Waals surface area contributed by atoms with E-state index in [2.05, 4.69) is 20.4 Å². The van der Waals surface area contributed by atoms with E-state index in [0.717, 1.165) is 31.5 Å². The van der Waals surface area contributed by atoms with E-state index in [9.17, 15) is 13.6 Å². The van der Waals surface area contributed by atoms with Crippen molar-refractivity contribution in [2.45, 2.75) is 32.7 Å². The monoisotopic (exact) mass is 412 g/mol. The number of nitrogens with one attached hydrogen (secondary N) is 1. The summed E-state index contributed by atoms with van der Waals surface area (Å²) in [4.78, 5) is 23.6. The Hall–Kier alpha value is -3.36. The molecule has 1 fully saturated rings. The van der Waals surface area contributed by atoms with Crippen LogP contribution < -0.4 is 10.2 Å². The molecule has 156 valence electrons. The molecule has 9 heteroatoms. The van der Waals surface area contributed by atoms with Gasteiger partial charge in [0.2, 0.25) is 5.95 Å². The van der Waals surface area contributed by atoms with Crippen molar-refractivity contribution >= 4 is 11.9 Å². The van der Waals surface area contributed by atoms with E-state index in [1.165, 1.54) is 10.7 Å². The van der Waals surface area contributed by atoms with Crippen LogP contribution in [0.1, 0.15) is 34.6 Å². The van der Waals surface area contributed by atoms with Gasteiger partial charge in [0.05, 0.1) is 17.0 Å². The number of anilines is 1. The maximum absolute atomic E-state index is 14.2. The van der Waals surface area contributed by atoms with Gasteiger partial charge in [-0.15, -0.1) is 0 Å². The fraction of sp³-hybridized carbons (Fsp3) is 0.333. The Labute approximate surface area is 172 Å². The zero-order valence-electron chi connectivity index (χ0n) is 16.8. The fourth-order valence-corrected chi connectivity index (χ4v) is 3.85. The van der Waals surface area contributed by atoms with Crippen LogP contribution in [0.3, 0.4) is 0 Å². The smallest absolute Gasteiger partial charge is 0.255 e. The first-order valence-corrected chi connectivity index (χ1v) is 9.78. The molecule has 0 bridgehead atoms. The van der Waals surface area contributed by atoms with Crippen molar-refractivity contribution in [2.75, 3.05) is 18.0 Å². The van der Waals surface area contributed by atoms with E-state index in [1.807, 2.05) is 4.90 Å². The molecule has 1 aliphatic rings. The van der Waals surface area contributed by atoms with Crippen molar-refractivity contribution in [3.63, 3.8) is 0 Å². The van der Waals surface area contributed by atoms with Crippen molar-refractivity contribution in [2.24, 2.45) is 0 Å². The number of carbonyl (C=O) groups is 1. The van der Waals surface area contributed by atoms with Crippen LogP contribution in [0, 0.1) is 25.5 Å². The second kappa shape index (κ2) is 8.17. The molecule has 1 unspecified atom stereocenters. The molecule has 0 spiro atoms. The number of piperidine rings is 1. The molecule has 1 N–H and O–H groups in total. The van der Waals surface area contributed by atoms with Gasteiger partial charge in [0.1, 0.15) is 11.5 Å². The quantitative estimate of drug-likeness (QED) is 0.713. The number of hydrogen-bond acceptors (Lipinski definition) is 5. The average molecular weight is 412 g/mol. The summed E-state index contributed by atoms with van der Waals surface area (Å²) in [5.41, 5.74) is 1.47. The molecule has 2 aromatic heterocycles. The van der Waals surface area contributed by atoms with E-state index in [4.69, 9.17) is 0 Å². The minimum absolute atomic E-state index is 0.0697. The van der Waals surface area contributed by atoms with E-state index < -0.39 is 11.6 Å². The number of carbonyl (C=O) groups excluding carboxylic acids is 1. The maximum atomic E-state index is 14.2. The summed E-state index contributed by atoms with van der Waals surface area (Å²) in [5, 5.41) is 7.37. The van der Waals surface area contributed by atoms with Crippen LogP contribution in [0.2, 0.25) is 0 Å². The predicted octanol–water partition coefficient (Wildman–Crippen LogP) is 2.96. The highest BCUT2D eigenvalue weighted by Gasteiger charge is 2.26. The molecule has 4 rings (SSSR count). The van der Waals surface area contributed by atoms with Gasteiger partial charge in [0.15, 0.2) is 5.82 Å². The summed E-state index contributed by atoms with van der Waals surface area (Å²) >= 11 is 0. The molecule has 3 aromatic rings. The van der Waals surface area contributed by atoms with Crippen LogP contribution >= 0.6 is 0 Å². The number of amides is 1. The van der Waals surface area contributed by atoms with Gasteiger partial charge < -0.3 is 10.2 Å². The third kappa shape index (κ3) is 3.87. The van der Waals surface area contributed by atoms with Gasteiger partial charge in [-0.1, -0.05) is 0 Å². The van der Waals surface area contributed by atoms with Crippen molar-refractivity contribution in [3.8, 4) is 5.69 Å². The highest BCUT2D eigenvalue weighted by Crippen LogP contribution is 2.22. The normalized spacial score (nSPS) is 16.5. The zero-order valence-corrected chi connectivity index (χ0v) is 16.8. The van der Waals surface area contributed by atoms with E-state index in [-0.39, 0.29) is 17.6 Å². The summed E-state index contributed by atoms with van der Waals surface area (Å²) in [6.45, 7) is 4.83. The van der Waals surface area contributed by atoms with Crippen LogP contribution in [0.5, 0.6) is 0 Å². The van der Waals surface area contributed by atoms with Gasteiger partial charge >= 0.3 is 0 Å². The van der Waals surface area contributed by atoms with Crippen molar-refractivity contribution < 1.29 is 13.6 Å². The number of aryl methyl sites for hydroxylation is 1. The Bertz CT molecular complexity index is 1070. The van der Waals surface area contributed by atoms with Crippen molar-refractivity contribution in [1.82, 2.24) is 25.1 Å². The summed E-state index contributed by atoms with van der Waals surface area (Å²) in [6.07, 6.45) is 5.13. The minimum atomic E-state index is -0.738. The number of benzene rings is 1. The first kappa shape index (κ1) is 19.9. The van der Waals surface area contributed by atoms with Gasteiger partial charge in [-0.3, -0.25) is 4.79 Å². The Morgan fingerprint density at radius 1 is 1.20 bits per heavy atom. The minimum Gasteiger partial charge on any atom is -0.347 e. The standard InChI is InChI=1S/C21H22F2N6O/c1-13-19(14(2)29(27-13)18-7-6-15(22)11-17(18)23)20(30)26-16-5-3-10-28(12-16)21-24-8-4-9-25-21/h4,6-9,11,16H,3,5,10,12H2,1-2H3,(H,26,30). The Kier molecular flexibility index (Phi) is 5.43. The van der Waals surface area contributed by atoms with Gasteiger partial charge in [0.25, 0.3) is 5.91 Å². The van der Waals surface area contributed by atoms with Crippen LogP contribution in [-0.4, -0.2) is 44.8 Å². The predicted molar refractivity (Wildman–Crippen MR) is 108 cm³/mol. The van der Waals surface area contributed by atoms with Crippen LogP contribution in [0.25, 0.3) is 5.69 Å². The lowest BCUT2D eigenvalue weighted by atomic mass is 10.0. The lowest BCUT2D eigenvalue weighted by molar-refractivity contribution is 0.0931.